The summed E-state index contributed by atoms with van der Waals surface area (Å²) < 4.78 is 2.74. The lowest BCUT2D eigenvalue weighted by molar-refractivity contribution is 0.0939. The molecule has 0 radical (unpaired) electrons. The summed E-state index contributed by atoms with van der Waals surface area (Å²) >= 11 is 3.43. The fourth-order valence-electron chi connectivity index (χ4n) is 1.87. The number of aromatic nitrogens is 2. The van der Waals surface area contributed by atoms with Crippen molar-refractivity contribution in [3.05, 3.63) is 34.2 Å². The van der Waals surface area contributed by atoms with Gasteiger partial charge in [-0.05, 0) is 28.1 Å². The number of fused-ring (bicyclic) bond motifs is 3. The topological polar surface area (TPSA) is 46.4 Å². The standard InChI is InChI=1S/C10H8BrN3O/c11-6-2-1-5-14-8-7(13-9(6)14)3-4-12-10(8)15/h1-2,5H,3-4H2,(H,12,15). The maximum Gasteiger partial charge on any atom is 0.270 e. The Kier molecular flexibility index (Phi) is 1.82. The van der Waals surface area contributed by atoms with Crippen molar-refractivity contribution in [3.8, 4) is 0 Å². The molecule has 76 valence electrons. The van der Waals surface area contributed by atoms with Crippen LogP contribution in [-0.4, -0.2) is 21.8 Å². The molecule has 0 bridgehead atoms. The van der Waals surface area contributed by atoms with Gasteiger partial charge in [-0.1, -0.05) is 0 Å². The van der Waals surface area contributed by atoms with E-state index in [0.717, 1.165) is 22.2 Å². The highest BCUT2D eigenvalue weighted by atomic mass is 79.9. The van der Waals surface area contributed by atoms with E-state index in [-0.39, 0.29) is 5.91 Å². The van der Waals surface area contributed by atoms with Crippen LogP contribution in [0.3, 0.4) is 0 Å². The van der Waals surface area contributed by atoms with E-state index in [9.17, 15) is 4.79 Å². The Morgan fingerprint density at radius 3 is 3.27 bits per heavy atom. The molecular formula is C10H8BrN3O. The minimum atomic E-state index is -0.0400. The summed E-state index contributed by atoms with van der Waals surface area (Å²) in [6.45, 7) is 0.674. The molecule has 1 amide bonds. The van der Waals surface area contributed by atoms with E-state index < -0.39 is 0 Å². The molecule has 0 fully saturated rings. The van der Waals surface area contributed by atoms with E-state index in [2.05, 4.69) is 26.2 Å². The van der Waals surface area contributed by atoms with Crippen molar-refractivity contribution < 1.29 is 4.79 Å². The van der Waals surface area contributed by atoms with Crippen LogP contribution in [0.4, 0.5) is 0 Å². The van der Waals surface area contributed by atoms with E-state index in [1.165, 1.54) is 0 Å². The van der Waals surface area contributed by atoms with Gasteiger partial charge in [0.15, 0.2) is 5.65 Å². The smallest absolute Gasteiger partial charge is 0.270 e. The molecule has 3 rings (SSSR count). The highest BCUT2D eigenvalue weighted by Gasteiger charge is 2.23. The number of halogens is 1. The van der Waals surface area contributed by atoms with Crippen LogP contribution in [0.2, 0.25) is 0 Å². The zero-order chi connectivity index (χ0) is 10.4. The lowest BCUT2D eigenvalue weighted by Crippen LogP contribution is -2.32. The highest BCUT2D eigenvalue weighted by molar-refractivity contribution is 9.10. The molecule has 0 aliphatic carbocycles. The van der Waals surface area contributed by atoms with E-state index in [0.29, 0.717) is 12.2 Å². The molecule has 0 saturated carbocycles. The van der Waals surface area contributed by atoms with Crippen LogP contribution in [0.15, 0.2) is 22.8 Å². The van der Waals surface area contributed by atoms with Gasteiger partial charge in [-0.2, -0.15) is 0 Å². The van der Waals surface area contributed by atoms with Crippen molar-refractivity contribution in [2.24, 2.45) is 0 Å². The number of amides is 1. The van der Waals surface area contributed by atoms with Gasteiger partial charge in [0.05, 0.1) is 10.2 Å². The number of pyridine rings is 1. The van der Waals surface area contributed by atoms with Crippen LogP contribution in [0, 0.1) is 0 Å². The monoisotopic (exact) mass is 265 g/mol. The molecule has 3 heterocycles. The predicted octanol–water partition coefficient (Wildman–Crippen LogP) is 1.38. The van der Waals surface area contributed by atoms with E-state index in [4.69, 9.17) is 0 Å². The van der Waals surface area contributed by atoms with Crippen LogP contribution in [0.25, 0.3) is 5.65 Å². The van der Waals surface area contributed by atoms with Gasteiger partial charge in [-0.15, -0.1) is 0 Å². The molecule has 1 aliphatic rings. The number of imidazole rings is 1. The summed E-state index contributed by atoms with van der Waals surface area (Å²) in [5.74, 6) is -0.0400. The first-order chi connectivity index (χ1) is 7.27. The third kappa shape index (κ3) is 1.19. The highest BCUT2D eigenvalue weighted by Crippen LogP contribution is 2.22. The second-order valence-corrected chi connectivity index (χ2v) is 4.32. The van der Waals surface area contributed by atoms with Gasteiger partial charge >= 0.3 is 0 Å². The van der Waals surface area contributed by atoms with E-state index >= 15 is 0 Å². The number of carbonyl (C=O) groups excluding carboxylic acids is 1. The van der Waals surface area contributed by atoms with Crippen LogP contribution in [-0.2, 0) is 6.42 Å². The second kappa shape index (κ2) is 3.06. The van der Waals surface area contributed by atoms with Gasteiger partial charge in [-0.3, -0.25) is 9.20 Å². The van der Waals surface area contributed by atoms with Crippen molar-refractivity contribution in [2.75, 3.05) is 6.54 Å². The third-order valence-corrected chi connectivity index (χ3v) is 3.16. The summed E-state index contributed by atoms with van der Waals surface area (Å²) in [4.78, 5) is 16.1. The third-order valence-electron chi connectivity index (χ3n) is 2.54. The molecule has 5 heteroatoms. The summed E-state index contributed by atoms with van der Waals surface area (Å²) in [7, 11) is 0. The van der Waals surface area contributed by atoms with Gasteiger partial charge in [0, 0.05) is 19.2 Å². The molecule has 2 aromatic rings. The first kappa shape index (κ1) is 8.91. The van der Waals surface area contributed by atoms with Crippen LogP contribution >= 0.6 is 15.9 Å². The van der Waals surface area contributed by atoms with Crippen molar-refractivity contribution >= 4 is 27.5 Å². The minimum absolute atomic E-state index is 0.0400. The molecule has 2 aromatic heterocycles. The molecule has 0 aromatic carbocycles. The molecule has 15 heavy (non-hydrogen) atoms. The quantitative estimate of drug-likeness (QED) is 0.783. The number of nitrogens with one attached hydrogen (secondary N) is 1. The zero-order valence-corrected chi connectivity index (χ0v) is 9.41. The minimum Gasteiger partial charge on any atom is -0.350 e. The second-order valence-electron chi connectivity index (χ2n) is 3.46. The summed E-state index contributed by atoms with van der Waals surface area (Å²) in [5, 5.41) is 2.82. The van der Waals surface area contributed by atoms with Crippen LogP contribution in [0.1, 0.15) is 16.2 Å². The average molecular weight is 266 g/mol. The Balaban J connectivity index is 2.41. The summed E-state index contributed by atoms with van der Waals surface area (Å²) in [6, 6.07) is 3.81. The maximum atomic E-state index is 11.7. The van der Waals surface area contributed by atoms with Crippen LogP contribution in [0.5, 0.6) is 0 Å². The lowest BCUT2D eigenvalue weighted by Gasteiger charge is -2.11. The van der Waals surface area contributed by atoms with Crippen LogP contribution < -0.4 is 5.32 Å². The average Bonchev–Trinajstić information content (AvgIpc) is 2.59. The Hall–Kier alpha value is -1.36. The van der Waals surface area contributed by atoms with Gasteiger partial charge in [-0.25, -0.2) is 4.98 Å². The molecule has 0 saturated heterocycles. The summed E-state index contributed by atoms with van der Waals surface area (Å²) in [6.07, 6.45) is 2.66. The van der Waals surface area contributed by atoms with Crippen molar-refractivity contribution in [2.45, 2.75) is 6.42 Å². The number of rotatable bonds is 0. The predicted molar refractivity (Wildman–Crippen MR) is 58.9 cm³/mol. The zero-order valence-electron chi connectivity index (χ0n) is 7.83. The first-order valence-corrected chi connectivity index (χ1v) is 5.50. The Morgan fingerprint density at radius 2 is 2.40 bits per heavy atom. The number of carbonyl (C=O) groups is 1. The van der Waals surface area contributed by atoms with Crippen molar-refractivity contribution in [3.63, 3.8) is 0 Å². The molecule has 1 aliphatic heterocycles. The molecule has 0 atom stereocenters. The molecular weight excluding hydrogens is 258 g/mol. The lowest BCUT2D eigenvalue weighted by atomic mass is 10.2. The Morgan fingerprint density at radius 1 is 1.53 bits per heavy atom. The fraction of sp³-hybridized carbons (Fsp3) is 0.200. The van der Waals surface area contributed by atoms with Gasteiger partial charge in [0.1, 0.15) is 5.69 Å². The Labute approximate surface area is 94.4 Å². The normalized spacial score (nSPS) is 15.1. The van der Waals surface area contributed by atoms with E-state index in [1.54, 1.807) is 0 Å². The van der Waals surface area contributed by atoms with Gasteiger partial charge in [0.2, 0.25) is 0 Å². The Bertz CT molecular complexity index is 561. The maximum absolute atomic E-state index is 11.7. The number of nitrogens with zero attached hydrogens (tertiary/aromatic N) is 2. The number of hydrogen-bond acceptors (Lipinski definition) is 2. The van der Waals surface area contributed by atoms with Crippen molar-refractivity contribution in [1.82, 2.24) is 14.7 Å². The molecule has 4 nitrogen and oxygen atoms in total. The first-order valence-electron chi connectivity index (χ1n) is 4.71. The SMILES string of the molecule is O=C1NCCc2nc3c(Br)cccn3c21. The van der Waals surface area contributed by atoms with Gasteiger partial charge < -0.3 is 5.32 Å². The van der Waals surface area contributed by atoms with E-state index in [1.807, 2.05) is 22.7 Å². The fourth-order valence-corrected chi connectivity index (χ4v) is 2.31. The number of hydrogen-bond donors (Lipinski definition) is 1. The molecule has 0 spiro atoms. The largest absolute Gasteiger partial charge is 0.350 e. The summed E-state index contributed by atoms with van der Waals surface area (Å²) in [5.41, 5.74) is 2.35. The molecule has 1 N–H and O–H groups in total. The van der Waals surface area contributed by atoms with Crippen molar-refractivity contribution in [1.29, 1.82) is 0 Å². The van der Waals surface area contributed by atoms with Gasteiger partial charge in [0.25, 0.3) is 5.91 Å². The molecule has 0 unspecified atom stereocenters.